The lowest BCUT2D eigenvalue weighted by molar-refractivity contribution is -0.137. The van der Waals surface area contributed by atoms with Crippen molar-refractivity contribution in [1.29, 1.82) is 0 Å². The van der Waals surface area contributed by atoms with Gasteiger partial charge in [0.05, 0.1) is 15.8 Å². The number of fused-ring (bicyclic) bond motifs is 1. The molecule has 0 N–H and O–H groups in total. The van der Waals surface area contributed by atoms with Gasteiger partial charge in [-0.05, 0) is 36.1 Å². The van der Waals surface area contributed by atoms with Gasteiger partial charge in [0.1, 0.15) is 10.0 Å². The third kappa shape index (κ3) is 2.96. The van der Waals surface area contributed by atoms with Crippen LogP contribution in [0, 0.1) is 0 Å². The number of benzene rings is 1. The average molecular weight is 340 g/mol. The van der Waals surface area contributed by atoms with Gasteiger partial charge >= 0.3 is 6.18 Å². The number of alkyl halides is 3. The molecular weight excluding hydrogens is 329 g/mol. The van der Waals surface area contributed by atoms with E-state index in [1.807, 2.05) is 19.1 Å². The van der Waals surface area contributed by atoms with Gasteiger partial charge in [0.15, 0.2) is 0 Å². The van der Waals surface area contributed by atoms with Crippen molar-refractivity contribution in [3.05, 3.63) is 42.1 Å². The highest BCUT2D eigenvalue weighted by atomic mass is 32.2. The summed E-state index contributed by atoms with van der Waals surface area (Å²) in [6.45, 7) is 2.02. The quantitative estimate of drug-likeness (QED) is 0.590. The first kappa shape index (κ1) is 15.3. The van der Waals surface area contributed by atoms with Crippen LogP contribution in [0.15, 0.2) is 41.6 Å². The summed E-state index contributed by atoms with van der Waals surface area (Å²) in [6.07, 6.45) is -2.65. The monoisotopic (exact) mass is 340 g/mol. The second-order valence-corrected chi connectivity index (χ2v) is 6.77. The van der Waals surface area contributed by atoms with Gasteiger partial charge in [0.25, 0.3) is 0 Å². The lowest BCUT2D eigenvalue weighted by Gasteiger charge is -2.04. The summed E-state index contributed by atoms with van der Waals surface area (Å²) in [6, 6.07) is 7.37. The molecule has 3 rings (SSSR count). The summed E-state index contributed by atoms with van der Waals surface area (Å²) in [5.41, 5.74) is 0.557. The number of hydrogen-bond acceptors (Lipinski definition) is 4. The second-order valence-electron chi connectivity index (χ2n) is 4.49. The van der Waals surface area contributed by atoms with Crippen LogP contribution in [-0.2, 0) is 6.18 Å². The Bertz CT molecular complexity index is 812. The van der Waals surface area contributed by atoms with E-state index in [0.717, 1.165) is 33.2 Å². The van der Waals surface area contributed by atoms with Gasteiger partial charge in [-0.15, -0.1) is 23.1 Å². The molecule has 0 spiro atoms. The molecule has 0 atom stereocenters. The number of thiazole rings is 1. The summed E-state index contributed by atoms with van der Waals surface area (Å²) in [7, 11) is 0. The summed E-state index contributed by atoms with van der Waals surface area (Å²) in [4.78, 5) is 8.69. The van der Waals surface area contributed by atoms with Crippen LogP contribution in [0.2, 0.25) is 0 Å². The zero-order valence-electron chi connectivity index (χ0n) is 11.5. The van der Waals surface area contributed by atoms with E-state index in [-0.39, 0.29) is 0 Å². The van der Waals surface area contributed by atoms with Gasteiger partial charge in [-0.25, -0.2) is 9.97 Å². The van der Waals surface area contributed by atoms with Gasteiger partial charge in [0, 0.05) is 11.8 Å². The van der Waals surface area contributed by atoms with Crippen molar-refractivity contribution in [2.24, 2.45) is 0 Å². The molecule has 2 aromatic heterocycles. The van der Waals surface area contributed by atoms with E-state index >= 15 is 0 Å². The van der Waals surface area contributed by atoms with Crippen LogP contribution in [0.4, 0.5) is 13.2 Å². The van der Waals surface area contributed by atoms with Crippen molar-refractivity contribution in [2.45, 2.75) is 18.1 Å². The fourth-order valence-corrected chi connectivity index (χ4v) is 3.79. The molecule has 0 saturated heterocycles. The SMILES string of the molecule is CCSc1ncccc1-c1nc2cc(C(F)(F)F)ccc2s1. The van der Waals surface area contributed by atoms with Gasteiger partial charge in [-0.1, -0.05) is 6.92 Å². The zero-order chi connectivity index (χ0) is 15.7. The second kappa shape index (κ2) is 5.89. The highest BCUT2D eigenvalue weighted by Crippen LogP contribution is 2.37. The smallest absolute Gasteiger partial charge is 0.249 e. The largest absolute Gasteiger partial charge is 0.416 e. The standard InChI is InChI=1S/C15H11F3N2S2/c1-2-21-13-10(4-3-7-19-13)14-20-11-8-9(15(16,17)18)5-6-12(11)22-14/h3-8H,2H2,1H3. The molecule has 22 heavy (non-hydrogen) atoms. The van der Waals surface area contributed by atoms with Crippen LogP contribution < -0.4 is 0 Å². The lowest BCUT2D eigenvalue weighted by Crippen LogP contribution is -2.03. The highest BCUT2D eigenvalue weighted by Gasteiger charge is 2.30. The van der Waals surface area contributed by atoms with Crippen LogP contribution >= 0.6 is 23.1 Å². The Labute approximate surface area is 133 Å². The fourth-order valence-electron chi connectivity index (χ4n) is 2.02. The zero-order valence-corrected chi connectivity index (χ0v) is 13.1. The van der Waals surface area contributed by atoms with E-state index in [0.29, 0.717) is 10.5 Å². The Kier molecular flexibility index (Phi) is 4.10. The van der Waals surface area contributed by atoms with E-state index in [9.17, 15) is 13.2 Å². The molecule has 0 amide bonds. The van der Waals surface area contributed by atoms with Crippen molar-refractivity contribution >= 4 is 33.3 Å². The van der Waals surface area contributed by atoms with Crippen molar-refractivity contribution in [2.75, 3.05) is 5.75 Å². The van der Waals surface area contributed by atoms with Crippen molar-refractivity contribution < 1.29 is 13.2 Å². The topological polar surface area (TPSA) is 25.8 Å². The van der Waals surface area contributed by atoms with Gasteiger partial charge in [0.2, 0.25) is 0 Å². The molecule has 0 radical (unpaired) electrons. The molecule has 0 saturated carbocycles. The number of rotatable bonds is 3. The van der Waals surface area contributed by atoms with Crippen molar-refractivity contribution in [3.63, 3.8) is 0 Å². The third-order valence-electron chi connectivity index (χ3n) is 3.00. The molecule has 0 bridgehead atoms. The van der Waals surface area contributed by atoms with Crippen LogP contribution in [0.3, 0.4) is 0 Å². The number of nitrogens with zero attached hydrogens (tertiary/aromatic N) is 2. The van der Waals surface area contributed by atoms with Gasteiger partial charge in [-0.2, -0.15) is 13.2 Å². The van der Waals surface area contributed by atoms with E-state index in [4.69, 9.17) is 0 Å². The van der Waals surface area contributed by atoms with E-state index in [1.165, 1.54) is 17.4 Å². The summed E-state index contributed by atoms with van der Waals surface area (Å²) >= 11 is 2.97. The summed E-state index contributed by atoms with van der Waals surface area (Å²) in [5, 5.41) is 1.54. The van der Waals surface area contributed by atoms with Crippen LogP contribution in [0.5, 0.6) is 0 Å². The maximum atomic E-state index is 12.8. The Morgan fingerprint density at radius 1 is 1.23 bits per heavy atom. The molecule has 0 aliphatic rings. The van der Waals surface area contributed by atoms with Crippen LogP contribution in [0.25, 0.3) is 20.8 Å². The number of thioether (sulfide) groups is 1. The predicted octanol–water partition coefficient (Wildman–Crippen LogP) is 5.49. The minimum absolute atomic E-state index is 0.367. The first-order valence-corrected chi connectivity index (χ1v) is 8.35. The number of pyridine rings is 1. The minimum atomic E-state index is -4.35. The van der Waals surface area contributed by atoms with Crippen molar-refractivity contribution in [1.82, 2.24) is 9.97 Å². The molecule has 0 aliphatic carbocycles. The average Bonchev–Trinajstić information content (AvgIpc) is 2.90. The summed E-state index contributed by atoms with van der Waals surface area (Å²) < 4.78 is 39.1. The molecule has 2 nitrogen and oxygen atoms in total. The molecule has 0 unspecified atom stereocenters. The Hall–Kier alpha value is -1.60. The van der Waals surface area contributed by atoms with E-state index < -0.39 is 11.7 Å². The fraction of sp³-hybridized carbons (Fsp3) is 0.200. The minimum Gasteiger partial charge on any atom is -0.249 e. The molecule has 7 heteroatoms. The molecule has 114 valence electrons. The first-order valence-electron chi connectivity index (χ1n) is 6.55. The van der Waals surface area contributed by atoms with Gasteiger partial charge in [-0.3, -0.25) is 0 Å². The lowest BCUT2D eigenvalue weighted by atomic mass is 10.2. The van der Waals surface area contributed by atoms with Crippen molar-refractivity contribution in [3.8, 4) is 10.6 Å². The maximum absolute atomic E-state index is 12.8. The molecule has 1 aromatic carbocycles. The Balaban J connectivity index is 2.09. The van der Waals surface area contributed by atoms with E-state index in [1.54, 1.807) is 18.0 Å². The first-order chi connectivity index (χ1) is 10.5. The third-order valence-corrected chi connectivity index (χ3v) is 4.95. The predicted molar refractivity (Wildman–Crippen MR) is 84.3 cm³/mol. The molecule has 0 aliphatic heterocycles. The highest BCUT2D eigenvalue weighted by molar-refractivity contribution is 7.99. The molecular formula is C15H11F3N2S2. The number of aromatic nitrogens is 2. The maximum Gasteiger partial charge on any atom is 0.416 e. The van der Waals surface area contributed by atoms with E-state index in [2.05, 4.69) is 9.97 Å². The van der Waals surface area contributed by atoms with Crippen LogP contribution in [0.1, 0.15) is 12.5 Å². The normalized spacial score (nSPS) is 12.0. The number of halogens is 3. The molecule has 0 fully saturated rings. The molecule has 2 heterocycles. The Morgan fingerprint density at radius 3 is 2.77 bits per heavy atom. The number of hydrogen-bond donors (Lipinski definition) is 0. The Morgan fingerprint density at radius 2 is 2.05 bits per heavy atom. The summed E-state index contributed by atoms with van der Waals surface area (Å²) in [5.74, 6) is 0.868. The van der Waals surface area contributed by atoms with Gasteiger partial charge < -0.3 is 0 Å². The van der Waals surface area contributed by atoms with Crippen LogP contribution in [-0.4, -0.2) is 15.7 Å². The molecule has 3 aromatic rings.